The molecule has 4 aliphatic carbocycles. The van der Waals surface area contributed by atoms with Crippen LogP contribution in [0.25, 0.3) is 6.08 Å². The van der Waals surface area contributed by atoms with Gasteiger partial charge in [0, 0.05) is 13.0 Å². The van der Waals surface area contributed by atoms with Gasteiger partial charge >= 0.3 is 0 Å². The first-order valence-electron chi connectivity index (χ1n) is 14.2. The normalized spacial score (nSPS) is 39.5. The molecule has 6 nitrogen and oxygen atoms in total. The number of aliphatic hydroxyl groups is 1. The highest BCUT2D eigenvalue weighted by Crippen LogP contribution is 2.53. The van der Waals surface area contributed by atoms with Crippen molar-refractivity contribution in [2.24, 2.45) is 41.4 Å². The number of ketones is 1. The summed E-state index contributed by atoms with van der Waals surface area (Å²) in [7, 11) is 1.70. The highest BCUT2D eigenvalue weighted by molar-refractivity contribution is 5.81. The number of nitrogens with zero attached hydrogens (tertiary/aromatic N) is 3. The van der Waals surface area contributed by atoms with Gasteiger partial charge < -0.3 is 9.84 Å². The smallest absolute Gasteiger partial charge is 0.157 e. The lowest BCUT2D eigenvalue weighted by Gasteiger charge is -2.51. The van der Waals surface area contributed by atoms with Crippen LogP contribution in [-0.2, 0) is 22.5 Å². The van der Waals surface area contributed by atoms with Crippen LogP contribution < -0.4 is 0 Å². The molecule has 6 heteroatoms. The van der Waals surface area contributed by atoms with Gasteiger partial charge in [0.05, 0.1) is 23.6 Å². The number of allylic oxidation sites excluding steroid dienone is 1. The van der Waals surface area contributed by atoms with Crippen molar-refractivity contribution in [1.29, 1.82) is 0 Å². The number of hydrogen-bond donors (Lipinski definition) is 1. The maximum absolute atomic E-state index is 13.4. The van der Waals surface area contributed by atoms with E-state index in [1.807, 2.05) is 4.68 Å². The molecule has 1 N–H and O–H groups in total. The fourth-order valence-electron chi connectivity index (χ4n) is 8.22. The minimum Gasteiger partial charge on any atom is -0.387 e. The summed E-state index contributed by atoms with van der Waals surface area (Å²) >= 11 is 0. The van der Waals surface area contributed by atoms with Crippen molar-refractivity contribution < 1.29 is 14.6 Å². The second-order valence-electron chi connectivity index (χ2n) is 12.5. The third kappa shape index (κ3) is 5.29. The highest BCUT2D eigenvalue weighted by Gasteiger charge is 2.47. The average Bonchev–Trinajstić information content (AvgIpc) is 3.24. The van der Waals surface area contributed by atoms with E-state index in [1.165, 1.54) is 19.3 Å². The maximum atomic E-state index is 13.4. The molecule has 0 aliphatic heterocycles. The van der Waals surface area contributed by atoms with Crippen molar-refractivity contribution in [2.45, 2.75) is 96.6 Å². The number of carbonyl (C=O) groups excluding carboxylic acids is 1. The van der Waals surface area contributed by atoms with E-state index in [0.29, 0.717) is 36.7 Å². The molecule has 194 valence electrons. The Kier molecular flexibility index (Phi) is 7.50. The fourth-order valence-corrected chi connectivity index (χ4v) is 8.22. The van der Waals surface area contributed by atoms with Crippen molar-refractivity contribution in [3.05, 3.63) is 17.5 Å². The van der Waals surface area contributed by atoms with Gasteiger partial charge in [-0.3, -0.25) is 4.79 Å². The number of Topliss-reactive ketones (excluding diaryl/α,β-unsaturated/α-hetero) is 1. The molecule has 3 saturated carbocycles. The molecular formula is C29H45N3O3. The lowest BCUT2D eigenvalue weighted by molar-refractivity contribution is -0.124. The molecule has 0 amide bonds. The second kappa shape index (κ2) is 10.5. The lowest BCUT2D eigenvalue weighted by Crippen LogP contribution is -2.48. The maximum Gasteiger partial charge on any atom is 0.157 e. The molecule has 1 aromatic rings. The number of fused-ring (bicyclic) bond motifs is 4. The Labute approximate surface area is 210 Å². The molecule has 0 saturated heterocycles. The molecule has 1 aromatic heterocycles. The first kappa shape index (κ1) is 25.1. The van der Waals surface area contributed by atoms with Crippen LogP contribution in [0.3, 0.4) is 0 Å². The lowest BCUT2D eigenvalue weighted by atomic mass is 9.56. The summed E-state index contributed by atoms with van der Waals surface area (Å²) in [6.07, 6.45) is 16.2. The van der Waals surface area contributed by atoms with Gasteiger partial charge in [0.15, 0.2) is 5.78 Å². The number of methoxy groups -OCH3 is 1. The molecule has 0 bridgehead atoms. The Morgan fingerprint density at radius 3 is 2.80 bits per heavy atom. The first-order chi connectivity index (χ1) is 16.9. The van der Waals surface area contributed by atoms with E-state index < -0.39 is 5.60 Å². The van der Waals surface area contributed by atoms with E-state index in [0.717, 1.165) is 80.5 Å². The average molecular weight is 484 g/mol. The Balaban J connectivity index is 1.23. The van der Waals surface area contributed by atoms with E-state index >= 15 is 0 Å². The van der Waals surface area contributed by atoms with Crippen LogP contribution in [0, 0.1) is 41.4 Å². The standard InChI is InChI=1S/C29H45N3O3/c1-19-7-12-27-26(15-19)30-31-32(27)17-28(33)21-5-4-6-25-23(20(2)8-9-21)11-10-22-16-29(34,18-35-3)14-13-24(22)25/h7,12,19-25,34H,4-6,8-11,13-18H2,1-3H3/t19?,20-,21+,22-,23?,24-,25-,29+/m0/s1. The largest absolute Gasteiger partial charge is 0.387 e. The van der Waals surface area contributed by atoms with Gasteiger partial charge in [0.1, 0.15) is 6.54 Å². The predicted octanol–water partition coefficient (Wildman–Crippen LogP) is 5.09. The third-order valence-electron chi connectivity index (χ3n) is 10.1. The molecule has 8 atom stereocenters. The third-order valence-corrected chi connectivity index (χ3v) is 10.1. The van der Waals surface area contributed by atoms with E-state index in [4.69, 9.17) is 4.74 Å². The van der Waals surface area contributed by atoms with Crippen LogP contribution in [0.5, 0.6) is 0 Å². The molecular weight excluding hydrogens is 438 g/mol. The Morgan fingerprint density at radius 1 is 1.11 bits per heavy atom. The van der Waals surface area contributed by atoms with Gasteiger partial charge in [-0.15, -0.1) is 5.10 Å². The van der Waals surface area contributed by atoms with E-state index in [2.05, 4.69) is 36.3 Å². The zero-order chi connectivity index (χ0) is 24.6. The summed E-state index contributed by atoms with van der Waals surface area (Å²) in [6, 6.07) is 0. The summed E-state index contributed by atoms with van der Waals surface area (Å²) in [4.78, 5) is 13.4. The summed E-state index contributed by atoms with van der Waals surface area (Å²) < 4.78 is 7.19. The van der Waals surface area contributed by atoms with Gasteiger partial charge in [-0.1, -0.05) is 31.6 Å². The number of aromatic nitrogens is 3. The molecule has 4 aliphatic rings. The Hall–Kier alpha value is -1.53. The van der Waals surface area contributed by atoms with Crippen LogP contribution in [0.4, 0.5) is 0 Å². The van der Waals surface area contributed by atoms with Crippen LogP contribution >= 0.6 is 0 Å². The number of hydrogen-bond acceptors (Lipinski definition) is 5. The molecule has 35 heavy (non-hydrogen) atoms. The highest BCUT2D eigenvalue weighted by atomic mass is 16.5. The first-order valence-corrected chi connectivity index (χ1v) is 14.2. The summed E-state index contributed by atoms with van der Waals surface area (Å²) in [5.74, 6) is 4.51. The SMILES string of the molecule is COC[C@@]1(O)CC[C@H]2[C@@H](CCC3[C@@H](C)CC[C@H](C(=O)Cn4nnc5c4C=CC(C)C5)CCC[C@@H]32)C1. The van der Waals surface area contributed by atoms with Crippen molar-refractivity contribution >= 4 is 11.9 Å². The molecule has 0 radical (unpaired) electrons. The fraction of sp³-hybridized carbons (Fsp3) is 0.828. The summed E-state index contributed by atoms with van der Waals surface area (Å²) in [5.41, 5.74) is 1.42. The molecule has 1 heterocycles. The monoisotopic (exact) mass is 483 g/mol. The van der Waals surface area contributed by atoms with Gasteiger partial charge in [-0.25, -0.2) is 4.68 Å². The topological polar surface area (TPSA) is 77.2 Å². The molecule has 5 rings (SSSR count). The predicted molar refractivity (Wildman–Crippen MR) is 137 cm³/mol. The number of rotatable bonds is 5. The van der Waals surface area contributed by atoms with Crippen molar-refractivity contribution in [1.82, 2.24) is 15.0 Å². The van der Waals surface area contributed by atoms with Crippen LogP contribution in [-0.4, -0.2) is 45.2 Å². The van der Waals surface area contributed by atoms with Crippen LogP contribution in [0.1, 0.15) is 89.4 Å². The second-order valence-corrected chi connectivity index (χ2v) is 12.5. The van der Waals surface area contributed by atoms with Gasteiger partial charge in [-0.2, -0.15) is 0 Å². The molecule has 0 spiro atoms. The zero-order valence-electron chi connectivity index (χ0n) is 22.0. The van der Waals surface area contributed by atoms with Crippen molar-refractivity contribution in [2.75, 3.05) is 13.7 Å². The molecule has 0 aromatic carbocycles. The van der Waals surface area contributed by atoms with Crippen LogP contribution in [0.2, 0.25) is 0 Å². The molecule has 3 fully saturated rings. The van der Waals surface area contributed by atoms with Gasteiger partial charge in [-0.05, 0) is 106 Å². The Morgan fingerprint density at radius 2 is 1.97 bits per heavy atom. The summed E-state index contributed by atoms with van der Waals surface area (Å²) in [5, 5.41) is 19.7. The number of carbonyl (C=O) groups is 1. The van der Waals surface area contributed by atoms with Crippen LogP contribution in [0.15, 0.2) is 6.08 Å². The summed E-state index contributed by atoms with van der Waals surface area (Å²) in [6.45, 7) is 5.45. The van der Waals surface area contributed by atoms with E-state index in [-0.39, 0.29) is 5.92 Å². The van der Waals surface area contributed by atoms with Gasteiger partial charge in [0.25, 0.3) is 0 Å². The molecule has 2 unspecified atom stereocenters. The quantitative estimate of drug-likeness (QED) is 0.631. The number of ether oxygens (including phenoxy) is 1. The minimum atomic E-state index is -0.627. The minimum absolute atomic E-state index is 0.137. The Bertz CT molecular complexity index is 926. The zero-order valence-corrected chi connectivity index (χ0v) is 22.0. The van der Waals surface area contributed by atoms with Gasteiger partial charge in [0.2, 0.25) is 0 Å². The van der Waals surface area contributed by atoms with E-state index in [1.54, 1.807) is 7.11 Å². The van der Waals surface area contributed by atoms with Crippen molar-refractivity contribution in [3.63, 3.8) is 0 Å². The van der Waals surface area contributed by atoms with Crippen molar-refractivity contribution in [3.8, 4) is 0 Å². The van der Waals surface area contributed by atoms with E-state index in [9.17, 15) is 9.90 Å².